The largest absolute Gasteiger partial charge is 0.373 e. The highest BCUT2D eigenvalue weighted by Gasteiger charge is 2.32. The quantitative estimate of drug-likeness (QED) is 0.683. The summed E-state index contributed by atoms with van der Waals surface area (Å²) in [7, 11) is -3.61. The Bertz CT molecular complexity index is 738. The van der Waals surface area contributed by atoms with E-state index in [0.29, 0.717) is 31.7 Å². The first-order valence-corrected chi connectivity index (χ1v) is 10.00. The predicted molar refractivity (Wildman–Crippen MR) is 102 cm³/mol. The van der Waals surface area contributed by atoms with Crippen molar-refractivity contribution in [3.63, 3.8) is 0 Å². The first-order valence-electron chi connectivity index (χ1n) is 8.56. The number of rotatable bonds is 7. The van der Waals surface area contributed by atoms with E-state index in [0.717, 1.165) is 0 Å². The molecule has 2 atom stereocenters. The van der Waals surface area contributed by atoms with Gasteiger partial charge in [0.25, 0.3) is 5.91 Å². The zero-order valence-electron chi connectivity index (χ0n) is 15.3. The number of hydrogen-bond acceptors (Lipinski definition) is 4. The van der Waals surface area contributed by atoms with E-state index in [9.17, 15) is 13.2 Å². The minimum absolute atomic E-state index is 0.152. The van der Waals surface area contributed by atoms with Gasteiger partial charge >= 0.3 is 0 Å². The molecule has 0 saturated carbocycles. The Morgan fingerprint density at radius 3 is 2.12 bits per heavy atom. The smallest absolute Gasteiger partial charge is 0.254 e. The Hall–Kier alpha value is -1.96. The normalized spacial score (nSPS) is 21.2. The third-order valence-electron chi connectivity index (χ3n) is 4.11. The molecule has 1 heterocycles. The van der Waals surface area contributed by atoms with Crippen molar-refractivity contribution in [2.45, 2.75) is 31.0 Å². The van der Waals surface area contributed by atoms with Crippen molar-refractivity contribution in [3.05, 3.63) is 55.1 Å². The van der Waals surface area contributed by atoms with Crippen LogP contribution in [0, 0.1) is 0 Å². The Morgan fingerprint density at radius 1 is 1.15 bits per heavy atom. The van der Waals surface area contributed by atoms with Gasteiger partial charge in [-0.3, -0.25) is 4.79 Å². The number of carbonyl (C=O) groups is 1. The molecular weight excluding hydrogens is 352 g/mol. The van der Waals surface area contributed by atoms with Crippen LogP contribution in [0.3, 0.4) is 0 Å². The van der Waals surface area contributed by atoms with E-state index >= 15 is 0 Å². The summed E-state index contributed by atoms with van der Waals surface area (Å²) >= 11 is 0. The number of morpholine rings is 1. The molecule has 1 aromatic carbocycles. The molecule has 6 nitrogen and oxygen atoms in total. The molecule has 1 aliphatic rings. The number of benzene rings is 1. The maximum atomic E-state index is 12.8. The highest BCUT2D eigenvalue weighted by atomic mass is 32.2. The van der Waals surface area contributed by atoms with Crippen LogP contribution in [0.1, 0.15) is 24.2 Å². The summed E-state index contributed by atoms with van der Waals surface area (Å²) in [6.45, 7) is 12.4. The van der Waals surface area contributed by atoms with Crippen LogP contribution in [0.25, 0.3) is 0 Å². The lowest BCUT2D eigenvalue weighted by molar-refractivity contribution is -0.0440. The fraction of sp³-hybridized carbons (Fsp3) is 0.421. The summed E-state index contributed by atoms with van der Waals surface area (Å²) in [6.07, 6.45) is 2.98. The first-order chi connectivity index (χ1) is 12.3. The van der Waals surface area contributed by atoms with Gasteiger partial charge in [0.2, 0.25) is 10.0 Å². The number of amides is 1. The Kier molecular flexibility index (Phi) is 6.75. The highest BCUT2D eigenvalue weighted by molar-refractivity contribution is 7.89. The molecule has 1 saturated heterocycles. The van der Waals surface area contributed by atoms with Gasteiger partial charge in [-0.1, -0.05) is 12.2 Å². The van der Waals surface area contributed by atoms with Gasteiger partial charge in [-0.15, -0.1) is 13.2 Å². The average Bonchev–Trinajstić information content (AvgIpc) is 2.60. The lowest BCUT2D eigenvalue weighted by Gasteiger charge is -2.34. The van der Waals surface area contributed by atoms with Crippen molar-refractivity contribution in [1.29, 1.82) is 0 Å². The molecule has 1 aromatic rings. The number of sulfonamides is 1. The summed E-state index contributed by atoms with van der Waals surface area (Å²) in [4.78, 5) is 14.3. The van der Waals surface area contributed by atoms with Gasteiger partial charge < -0.3 is 9.64 Å². The van der Waals surface area contributed by atoms with Crippen molar-refractivity contribution in [2.75, 3.05) is 26.2 Å². The van der Waals surface area contributed by atoms with Crippen molar-refractivity contribution < 1.29 is 17.9 Å². The van der Waals surface area contributed by atoms with Crippen LogP contribution in [0.15, 0.2) is 54.5 Å². The van der Waals surface area contributed by atoms with E-state index in [-0.39, 0.29) is 23.0 Å². The van der Waals surface area contributed by atoms with Crippen molar-refractivity contribution >= 4 is 15.9 Å². The van der Waals surface area contributed by atoms with E-state index in [1.54, 1.807) is 29.2 Å². The molecule has 0 spiro atoms. The lowest BCUT2D eigenvalue weighted by Crippen LogP contribution is -2.48. The van der Waals surface area contributed by atoms with Gasteiger partial charge in [0.15, 0.2) is 0 Å². The molecule has 1 amide bonds. The molecule has 26 heavy (non-hydrogen) atoms. The summed E-state index contributed by atoms with van der Waals surface area (Å²) < 4.78 is 32.7. The SMILES string of the molecule is C=CCN(CC=C)C(=O)c1ccc(S(=O)(=O)N2CC(C)OC(C)C2)cc1. The van der Waals surface area contributed by atoms with Gasteiger partial charge in [0, 0.05) is 31.7 Å². The predicted octanol–water partition coefficient (Wildman–Crippen LogP) is 2.30. The number of ether oxygens (including phenoxy) is 1. The molecule has 2 unspecified atom stereocenters. The fourth-order valence-electron chi connectivity index (χ4n) is 2.98. The van der Waals surface area contributed by atoms with Crippen LogP contribution in [-0.2, 0) is 14.8 Å². The summed E-state index contributed by atoms with van der Waals surface area (Å²) in [5.41, 5.74) is 0.427. The summed E-state index contributed by atoms with van der Waals surface area (Å²) in [5.74, 6) is -0.192. The van der Waals surface area contributed by atoms with Crippen LogP contribution in [-0.4, -0.2) is 61.9 Å². The Morgan fingerprint density at radius 2 is 1.65 bits per heavy atom. The van der Waals surface area contributed by atoms with E-state index in [2.05, 4.69) is 13.2 Å². The molecule has 2 rings (SSSR count). The van der Waals surface area contributed by atoms with Gasteiger partial charge in [0.05, 0.1) is 17.1 Å². The monoisotopic (exact) mass is 378 g/mol. The van der Waals surface area contributed by atoms with Crippen molar-refractivity contribution in [2.24, 2.45) is 0 Å². The minimum Gasteiger partial charge on any atom is -0.373 e. The third-order valence-corrected chi connectivity index (χ3v) is 5.96. The standard InChI is InChI=1S/C19H26N2O4S/c1-5-11-20(12-6-2)19(22)17-7-9-18(10-8-17)26(23,24)21-13-15(3)25-16(4)14-21/h5-10,15-16H,1-2,11-14H2,3-4H3. The third kappa shape index (κ3) is 4.60. The number of carbonyl (C=O) groups excluding carboxylic acids is 1. The van der Waals surface area contributed by atoms with Gasteiger partial charge in [-0.2, -0.15) is 4.31 Å². The summed E-state index contributed by atoms with van der Waals surface area (Å²) in [6, 6.07) is 6.05. The van der Waals surface area contributed by atoms with Gasteiger partial charge in [-0.05, 0) is 38.1 Å². The Balaban J connectivity index is 2.21. The maximum Gasteiger partial charge on any atom is 0.254 e. The topological polar surface area (TPSA) is 66.9 Å². The molecule has 1 fully saturated rings. The van der Waals surface area contributed by atoms with Crippen LogP contribution < -0.4 is 0 Å². The molecule has 1 aliphatic heterocycles. The average molecular weight is 378 g/mol. The molecule has 0 aromatic heterocycles. The highest BCUT2D eigenvalue weighted by Crippen LogP contribution is 2.21. The van der Waals surface area contributed by atoms with Gasteiger partial charge in [-0.25, -0.2) is 8.42 Å². The second-order valence-corrected chi connectivity index (χ2v) is 8.33. The molecule has 0 aliphatic carbocycles. The van der Waals surface area contributed by atoms with Crippen LogP contribution in [0.2, 0.25) is 0 Å². The fourth-order valence-corrected chi connectivity index (χ4v) is 4.57. The van der Waals surface area contributed by atoms with Gasteiger partial charge in [0.1, 0.15) is 0 Å². The minimum atomic E-state index is -3.61. The molecular formula is C19H26N2O4S. The number of nitrogens with zero attached hydrogens (tertiary/aromatic N) is 2. The summed E-state index contributed by atoms with van der Waals surface area (Å²) in [5, 5.41) is 0. The maximum absolute atomic E-state index is 12.8. The van der Waals surface area contributed by atoms with E-state index in [4.69, 9.17) is 4.74 Å². The lowest BCUT2D eigenvalue weighted by atomic mass is 10.2. The zero-order chi connectivity index (χ0) is 19.3. The van der Waals surface area contributed by atoms with Crippen LogP contribution in [0.4, 0.5) is 0 Å². The zero-order valence-corrected chi connectivity index (χ0v) is 16.1. The molecule has 0 N–H and O–H groups in total. The molecule has 0 bridgehead atoms. The Labute approximate surface area is 155 Å². The second kappa shape index (κ2) is 8.62. The van der Waals surface area contributed by atoms with E-state index in [1.165, 1.54) is 16.4 Å². The molecule has 0 radical (unpaired) electrons. The van der Waals surface area contributed by atoms with Crippen LogP contribution >= 0.6 is 0 Å². The van der Waals surface area contributed by atoms with Crippen molar-refractivity contribution in [1.82, 2.24) is 9.21 Å². The molecule has 7 heteroatoms. The number of hydrogen-bond donors (Lipinski definition) is 0. The van der Waals surface area contributed by atoms with Crippen molar-refractivity contribution in [3.8, 4) is 0 Å². The second-order valence-electron chi connectivity index (χ2n) is 6.39. The first kappa shape index (κ1) is 20.4. The van der Waals surface area contributed by atoms with E-state index < -0.39 is 10.0 Å². The van der Waals surface area contributed by atoms with E-state index in [1.807, 2.05) is 13.8 Å². The molecule has 142 valence electrons. The van der Waals surface area contributed by atoms with Crippen LogP contribution in [0.5, 0.6) is 0 Å².